The number of likely N-dealkylation sites (N-methyl/N-ethyl adjacent to an activating group) is 1. The first-order chi connectivity index (χ1) is 18.4. The smallest absolute Gasteiger partial charge is 0.486 e. The van der Waals surface area contributed by atoms with Crippen molar-refractivity contribution in [3.05, 3.63) is 83.8 Å². The lowest BCUT2D eigenvalue weighted by Gasteiger charge is -2.17. The van der Waals surface area contributed by atoms with Gasteiger partial charge in [0.15, 0.2) is 0 Å². The molecule has 0 spiro atoms. The highest BCUT2D eigenvalue weighted by Crippen LogP contribution is 2.35. The van der Waals surface area contributed by atoms with Gasteiger partial charge in [0.05, 0.1) is 13.1 Å². The number of aromatic nitrogens is 1. The maximum absolute atomic E-state index is 9.73. The molecule has 1 aromatic heterocycles. The topological polar surface area (TPSA) is 87.2 Å². The largest absolute Gasteiger partial charge is 0.493 e. The van der Waals surface area contributed by atoms with Crippen LogP contribution in [0.25, 0.3) is 0 Å². The van der Waals surface area contributed by atoms with Gasteiger partial charge in [-0.2, -0.15) is 0 Å². The molecule has 0 radical (unpaired) electrons. The molecule has 0 saturated carbocycles. The van der Waals surface area contributed by atoms with Crippen LogP contribution in [0.4, 0.5) is 0 Å². The van der Waals surface area contributed by atoms with Crippen LogP contribution < -0.4 is 14.9 Å². The average Bonchev–Trinajstić information content (AvgIpc) is 3.26. The second kappa shape index (κ2) is 16.3. The Morgan fingerprint density at radius 2 is 1.76 bits per heavy atom. The van der Waals surface area contributed by atoms with E-state index in [9.17, 15) is 9.59 Å². The number of hydrogen-bond acceptors (Lipinski definition) is 8. The Morgan fingerprint density at radius 3 is 2.32 bits per heavy atom. The monoisotopic (exact) mass is 520 g/mol. The number of aryl methyl sites for hydroxylation is 1. The van der Waals surface area contributed by atoms with Crippen LogP contribution >= 0.6 is 0 Å². The summed E-state index contributed by atoms with van der Waals surface area (Å²) < 4.78 is 22.9. The second-order valence-electron chi connectivity index (χ2n) is 8.77. The Balaban J connectivity index is 0.000000550. The number of carbonyl (C=O) groups excluding carboxylic acids is 2. The molecule has 2 aromatic rings. The summed E-state index contributed by atoms with van der Waals surface area (Å²) in [6.07, 6.45) is 8.66. The molecule has 0 saturated heterocycles. The van der Waals surface area contributed by atoms with Crippen molar-refractivity contribution in [1.82, 2.24) is 9.88 Å². The van der Waals surface area contributed by atoms with E-state index in [-0.39, 0.29) is 13.2 Å². The van der Waals surface area contributed by atoms with E-state index < -0.39 is 0 Å². The zero-order chi connectivity index (χ0) is 27.9. The SMILES string of the molecule is C=C/C=C(/Oc1cc(C)ccn1)C1=C(C)C(Oc2ccc(B(OC)OC)cc2)CC1.CN(CC=O)CC=O. The third-order valence-electron chi connectivity index (χ3n) is 5.92. The molecule has 9 heteroatoms. The van der Waals surface area contributed by atoms with Gasteiger partial charge < -0.3 is 28.4 Å². The molecule has 1 aromatic carbocycles. The summed E-state index contributed by atoms with van der Waals surface area (Å²) in [5, 5.41) is 0. The number of aldehydes is 2. The number of rotatable bonds is 13. The fourth-order valence-corrected chi connectivity index (χ4v) is 3.89. The van der Waals surface area contributed by atoms with E-state index in [0.717, 1.165) is 59.1 Å². The van der Waals surface area contributed by atoms with Crippen molar-refractivity contribution in [3.63, 3.8) is 0 Å². The van der Waals surface area contributed by atoms with E-state index in [0.29, 0.717) is 19.0 Å². The van der Waals surface area contributed by atoms with E-state index in [2.05, 4.69) is 18.5 Å². The van der Waals surface area contributed by atoms with E-state index in [1.54, 1.807) is 38.4 Å². The van der Waals surface area contributed by atoms with Gasteiger partial charge in [0.1, 0.15) is 30.2 Å². The molecule has 0 amide bonds. The highest BCUT2D eigenvalue weighted by molar-refractivity contribution is 6.61. The van der Waals surface area contributed by atoms with Gasteiger partial charge in [-0.05, 0) is 80.2 Å². The number of nitrogens with zero attached hydrogens (tertiary/aromatic N) is 2. The molecular weight excluding hydrogens is 483 g/mol. The van der Waals surface area contributed by atoms with Crippen LogP contribution in [-0.4, -0.2) is 70.0 Å². The Labute approximate surface area is 226 Å². The third kappa shape index (κ3) is 9.41. The second-order valence-corrected chi connectivity index (χ2v) is 8.77. The first kappa shape index (κ1) is 30.7. The molecular formula is C29H37BN2O6. The maximum atomic E-state index is 9.73. The molecule has 1 aliphatic carbocycles. The maximum Gasteiger partial charge on any atom is 0.493 e. The predicted molar refractivity (Wildman–Crippen MR) is 150 cm³/mol. The summed E-state index contributed by atoms with van der Waals surface area (Å²) in [6.45, 7) is 8.60. The highest BCUT2D eigenvalue weighted by atomic mass is 16.6. The van der Waals surface area contributed by atoms with Crippen LogP contribution in [0.2, 0.25) is 0 Å². The first-order valence-electron chi connectivity index (χ1n) is 12.4. The van der Waals surface area contributed by atoms with Crippen LogP contribution in [0.1, 0.15) is 25.3 Å². The van der Waals surface area contributed by atoms with Gasteiger partial charge in [-0.1, -0.05) is 24.8 Å². The van der Waals surface area contributed by atoms with Crippen LogP contribution in [0.5, 0.6) is 11.6 Å². The molecule has 3 rings (SSSR count). The zero-order valence-electron chi connectivity index (χ0n) is 22.9. The molecule has 0 aliphatic heterocycles. The third-order valence-corrected chi connectivity index (χ3v) is 5.92. The zero-order valence-corrected chi connectivity index (χ0v) is 22.9. The Morgan fingerprint density at radius 1 is 1.11 bits per heavy atom. The number of benzene rings is 1. The number of ether oxygens (including phenoxy) is 2. The van der Waals surface area contributed by atoms with E-state index in [4.69, 9.17) is 18.8 Å². The molecule has 0 fully saturated rings. The van der Waals surface area contributed by atoms with Gasteiger partial charge in [0.25, 0.3) is 0 Å². The van der Waals surface area contributed by atoms with E-state index in [1.165, 1.54) is 0 Å². The molecule has 202 valence electrons. The van der Waals surface area contributed by atoms with Crippen LogP contribution in [0.3, 0.4) is 0 Å². The Hall–Kier alpha value is -3.53. The molecule has 1 aliphatic rings. The molecule has 0 N–H and O–H groups in total. The van der Waals surface area contributed by atoms with Crippen LogP contribution in [0.15, 0.2) is 78.2 Å². The predicted octanol–water partition coefficient (Wildman–Crippen LogP) is 3.70. The summed E-state index contributed by atoms with van der Waals surface area (Å²) >= 11 is 0. The fourth-order valence-electron chi connectivity index (χ4n) is 3.89. The van der Waals surface area contributed by atoms with E-state index >= 15 is 0 Å². The normalized spacial score (nSPS) is 15.0. The van der Waals surface area contributed by atoms with E-state index in [1.807, 2.05) is 49.4 Å². The minimum atomic E-state index is -0.377. The lowest BCUT2D eigenvalue weighted by atomic mass is 9.79. The Kier molecular flexibility index (Phi) is 13.2. The number of allylic oxidation sites excluding steroid dienone is 3. The van der Waals surface area contributed by atoms with Gasteiger partial charge in [-0.15, -0.1) is 0 Å². The Bertz CT molecular complexity index is 1100. The summed E-state index contributed by atoms with van der Waals surface area (Å²) in [7, 11) is 4.58. The number of carbonyl (C=O) groups is 2. The first-order valence-corrected chi connectivity index (χ1v) is 12.4. The van der Waals surface area contributed by atoms with Crippen molar-refractivity contribution in [2.45, 2.75) is 32.8 Å². The van der Waals surface area contributed by atoms with Crippen molar-refractivity contribution < 1.29 is 28.4 Å². The quantitative estimate of drug-likeness (QED) is 0.171. The van der Waals surface area contributed by atoms with Gasteiger partial charge in [-0.25, -0.2) is 4.98 Å². The van der Waals surface area contributed by atoms with Crippen LogP contribution in [0, 0.1) is 6.92 Å². The molecule has 1 heterocycles. The van der Waals surface area contributed by atoms with Crippen LogP contribution in [-0.2, 0) is 18.9 Å². The summed E-state index contributed by atoms with van der Waals surface area (Å²) in [5.41, 5.74) is 4.34. The lowest BCUT2D eigenvalue weighted by molar-refractivity contribution is -0.110. The van der Waals surface area contributed by atoms with Gasteiger partial charge in [-0.3, -0.25) is 4.90 Å². The number of hydrogen-bond donors (Lipinski definition) is 0. The van der Waals surface area contributed by atoms with Crippen molar-refractivity contribution in [1.29, 1.82) is 0 Å². The van der Waals surface area contributed by atoms with Gasteiger partial charge in [0.2, 0.25) is 5.88 Å². The minimum Gasteiger partial charge on any atom is -0.486 e. The number of pyridine rings is 1. The molecule has 1 unspecified atom stereocenters. The van der Waals surface area contributed by atoms with Crippen molar-refractivity contribution in [2.24, 2.45) is 0 Å². The standard InChI is InChI=1S/C24H28BNO4.C5H9NO2/c1-6-7-23(30-24-16-17(2)14-15-26-24)21-12-13-22(18(21)3)29-20-10-8-19(9-11-20)25(27-4)28-5;1-6(2-4-7)3-5-8/h6-11,14-16,22H,1,12-13H2,2-5H3;4-5H,2-3H2,1H3/b23-7+;. The molecule has 0 bridgehead atoms. The van der Waals surface area contributed by atoms with Crippen molar-refractivity contribution in [3.8, 4) is 11.6 Å². The van der Waals surface area contributed by atoms with Crippen molar-refractivity contribution in [2.75, 3.05) is 34.4 Å². The summed E-state index contributed by atoms with van der Waals surface area (Å²) in [4.78, 5) is 25.4. The molecule has 38 heavy (non-hydrogen) atoms. The average molecular weight is 520 g/mol. The summed E-state index contributed by atoms with van der Waals surface area (Å²) in [5.74, 6) is 2.16. The highest BCUT2D eigenvalue weighted by Gasteiger charge is 2.27. The lowest BCUT2D eigenvalue weighted by Crippen LogP contribution is -2.34. The summed E-state index contributed by atoms with van der Waals surface area (Å²) in [6, 6.07) is 11.7. The van der Waals surface area contributed by atoms with Gasteiger partial charge >= 0.3 is 7.12 Å². The van der Waals surface area contributed by atoms with Gasteiger partial charge in [0, 0.05) is 26.5 Å². The van der Waals surface area contributed by atoms with Crippen molar-refractivity contribution >= 4 is 25.2 Å². The molecule has 1 atom stereocenters. The molecule has 8 nitrogen and oxygen atoms in total. The minimum absolute atomic E-state index is 0.00576. The fraction of sp³-hybridized carbons (Fsp3) is 0.345.